The standard InChI is InChI=1S/C22H31NO3S/c1-26-22(19-9-15-8-16(11-19)12-20(22)10-15)14-23-27(24,25)21-7-6-17-4-2-3-5-18(17)13-21/h6-7,13,15-16,19-20,23H,2-5,8-12,14H2,1H3. The second kappa shape index (κ2) is 6.57. The largest absolute Gasteiger partial charge is 0.376 e. The Bertz CT molecular complexity index is 804. The van der Waals surface area contributed by atoms with Crippen LogP contribution in [0.2, 0.25) is 0 Å². The maximum Gasteiger partial charge on any atom is 0.240 e. The Balaban J connectivity index is 1.37. The maximum atomic E-state index is 13.0. The van der Waals surface area contributed by atoms with Crippen LogP contribution in [-0.2, 0) is 27.6 Å². The zero-order chi connectivity index (χ0) is 18.6. The second-order valence-corrected chi connectivity index (χ2v) is 11.2. The van der Waals surface area contributed by atoms with Crippen LogP contribution >= 0.6 is 0 Å². The van der Waals surface area contributed by atoms with Gasteiger partial charge in [0, 0.05) is 13.7 Å². The topological polar surface area (TPSA) is 55.4 Å². The number of ether oxygens (including phenoxy) is 1. The highest BCUT2D eigenvalue weighted by Gasteiger charge is 2.57. The molecule has 4 nitrogen and oxygen atoms in total. The second-order valence-electron chi connectivity index (χ2n) is 9.43. The van der Waals surface area contributed by atoms with Crippen molar-refractivity contribution in [3.8, 4) is 0 Å². The van der Waals surface area contributed by atoms with Crippen LogP contribution in [0, 0.1) is 23.7 Å². The van der Waals surface area contributed by atoms with Crippen LogP contribution in [0.25, 0.3) is 0 Å². The molecule has 4 bridgehead atoms. The maximum absolute atomic E-state index is 13.0. The molecule has 0 saturated heterocycles. The van der Waals surface area contributed by atoms with E-state index in [-0.39, 0.29) is 5.60 Å². The van der Waals surface area contributed by atoms with Crippen molar-refractivity contribution in [2.75, 3.05) is 13.7 Å². The van der Waals surface area contributed by atoms with Crippen molar-refractivity contribution >= 4 is 10.0 Å². The predicted octanol–water partition coefficient (Wildman–Crippen LogP) is 3.69. The Morgan fingerprint density at radius 1 is 1.00 bits per heavy atom. The molecule has 0 aliphatic heterocycles. The molecule has 0 amide bonds. The van der Waals surface area contributed by atoms with E-state index in [9.17, 15) is 8.42 Å². The fourth-order valence-corrected chi connectivity index (χ4v) is 7.97. The van der Waals surface area contributed by atoms with Gasteiger partial charge in [-0.1, -0.05) is 6.07 Å². The Hall–Kier alpha value is -0.910. The monoisotopic (exact) mass is 389 g/mol. The SMILES string of the molecule is COC1(CNS(=O)(=O)c2ccc3c(c2)CCCC3)C2CC3CC(C2)CC1C3. The summed E-state index contributed by atoms with van der Waals surface area (Å²) in [5.41, 5.74) is 2.21. The van der Waals surface area contributed by atoms with Gasteiger partial charge in [0.1, 0.15) is 0 Å². The summed E-state index contributed by atoms with van der Waals surface area (Å²) in [6.07, 6.45) is 10.6. The molecule has 0 atom stereocenters. The molecule has 4 saturated carbocycles. The molecule has 0 heterocycles. The minimum absolute atomic E-state index is 0.311. The third-order valence-corrected chi connectivity index (χ3v) is 9.47. The van der Waals surface area contributed by atoms with Crippen molar-refractivity contribution in [1.82, 2.24) is 4.72 Å². The van der Waals surface area contributed by atoms with Gasteiger partial charge in [0.05, 0.1) is 10.5 Å². The summed E-state index contributed by atoms with van der Waals surface area (Å²) in [7, 11) is -1.72. The van der Waals surface area contributed by atoms with E-state index in [0.717, 1.165) is 31.1 Å². The van der Waals surface area contributed by atoms with Gasteiger partial charge in [0.15, 0.2) is 0 Å². The molecule has 5 aliphatic rings. The molecule has 5 heteroatoms. The summed E-state index contributed by atoms with van der Waals surface area (Å²) in [5, 5.41) is 0. The molecular weight excluding hydrogens is 358 g/mol. The summed E-state index contributed by atoms with van der Waals surface area (Å²) in [5.74, 6) is 2.69. The van der Waals surface area contributed by atoms with Gasteiger partial charge in [0.2, 0.25) is 10.0 Å². The average Bonchev–Trinajstić information content (AvgIpc) is 2.67. The first-order valence-corrected chi connectivity index (χ1v) is 12.1. The predicted molar refractivity (Wildman–Crippen MR) is 105 cm³/mol. The lowest BCUT2D eigenvalue weighted by Crippen LogP contribution is -2.63. The van der Waals surface area contributed by atoms with Crippen molar-refractivity contribution in [1.29, 1.82) is 0 Å². The molecule has 0 radical (unpaired) electrons. The molecule has 4 fully saturated rings. The van der Waals surface area contributed by atoms with E-state index in [1.54, 1.807) is 13.2 Å². The van der Waals surface area contributed by atoms with Crippen LogP contribution < -0.4 is 4.72 Å². The summed E-state index contributed by atoms with van der Waals surface area (Å²) in [4.78, 5) is 0.415. The summed E-state index contributed by atoms with van der Waals surface area (Å²) < 4.78 is 35.1. The number of hydrogen-bond donors (Lipinski definition) is 1. The zero-order valence-corrected chi connectivity index (χ0v) is 17.1. The third kappa shape index (κ3) is 2.97. The summed E-state index contributed by atoms with van der Waals surface area (Å²) >= 11 is 0. The molecule has 5 aliphatic carbocycles. The highest BCUT2D eigenvalue weighted by Crippen LogP contribution is 2.59. The lowest BCUT2D eigenvalue weighted by Gasteiger charge is -2.60. The minimum Gasteiger partial charge on any atom is -0.376 e. The highest BCUT2D eigenvalue weighted by molar-refractivity contribution is 7.89. The van der Waals surface area contributed by atoms with E-state index < -0.39 is 10.0 Å². The molecule has 1 N–H and O–H groups in total. The third-order valence-electron chi connectivity index (χ3n) is 8.07. The van der Waals surface area contributed by atoms with Crippen molar-refractivity contribution in [2.24, 2.45) is 23.7 Å². The first-order chi connectivity index (χ1) is 13.0. The minimum atomic E-state index is -3.50. The zero-order valence-electron chi connectivity index (χ0n) is 16.2. The first kappa shape index (κ1) is 18.1. The van der Waals surface area contributed by atoms with E-state index in [2.05, 4.69) is 4.72 Å². The van der Waals surface area contributed by atoms with E-state index in [0.29, 0.717) is 23.3 Å². The van der Waals surface area contributed by atoms with E-state index in [1.807, 2.05) is 12.1 Å². The summed E-state index contributed by atoms with van der Waals surface area (Å²) in [6, 6.07) is 5.69. The van der Waals surface area contributed by atoms with Crippen LogP contribution in [-0.4, -0.2) is 27.7 Å². The number of aryl methyl sites for hydroxylation is 2. The average molecular weight is 390 g/mol. The van der Waals surface area contributed by atoms with Gasteiger partial charge in [-0.15, -0.1) is 0 Å². The fraction of sp³-hybridized carbons (Fsp3) is 0.727. The lowest BCUT2D eigenvalue weighted by atomic mass is 9.50. The van der Waals surface area contributed by atoms with Gasteiger partial charge in [0.25, 0.3) is 0 Å². The van der Waals surface area contributed by atoms with E-state index in [4.69, 9.17) is 4.74 Å². The van der Waals surface area contributed by atoms with Gasteiger partial charge in [-0.25, -0.2) is 13.1 Å². The number of rotatable bonds is 5. The van der Waals surface area contributed by atoms with Crippen molar-refractivity contribution in [3.05, 3.63) is 29.3 Å². The first-order valence-electron chi connectivity index (χ1n) is 10.7. The smallest absolute Gasteiger partial charge is 0.240 e. The van der Waals surface area contributed by atoms with Gasteiger partial charge < -0.3 is 4.74 Å². The molecule has 1 aromatic rings. The van der Waals surface area contributed by atoms with Gasteiger partial charge in [-0.3, -0.25) is 0 Å². The summed E-state index contributed by atoms with van der Waals surface area (Å²) in [6.45, 7) is 0.414. The lowest BCUT2D eigenvalue weighted by molar-refractivity contribution is -0.185. The van der Waals surface area contributed by atoms with Gasteiger partial charge >= 0.3 is 0 Å². The number of hydrogen-bond acceptors (Lipinski definition) is 3. The molecule has 27 heavy (non-hydrogen) atoms. The number of fused-ring (bicyclic) bond motifs is 1. The number of sulfonamides is 1. The van der Waals surface area contributed by atoms with Crippen LogP contribution in [0.15, 0.2) is 23.1 Å². The Morgan fingerprint density at radius 3 is 2.26 bits per heavy atom. The van der Waals surface area contributed by atoms with E-state index >= 15 is 0 Å². The Kier molecular flexibility index (Phi) is 4.41. The van der Waals surface area contributed by atoms with Gasteiger partial charge in [-0.2, -0.15) is 0 Å². The molecule has 1 aromatic carbocycles. The van der Waals surface area contributed by atoms with Crippen LogP contribution in [0.1, 0.15) is 56.1 Å². The van der Waals surface area contributed by atoms with Crippen LogP contribution in [0.4, 0.5) is 0 Å². The molecule has 0 unspecified atom stereocenters. The highest BCUT2D eigenvalue weighted by atomic mass is 32.2. The quantitative estimate of drug-likeness (QED) is 0.836. The molecular formula is C22H31NO3S. The molecule has 6 rings (SSSR count). The Morgan fingerprint density at radius 2 is 1.63 bits per heavy atom. The van der Waals surface area contributed by atoms with Crippen molar-refractivity contribution < 1.29 is 13.2 Å². The van der Waals surface area contributed by atoms with E-state index in [1.165, 1.54) is 49.7 Å². The number of methoxy groups -OCH3 is 1. The molecule has 0 spiro atoms. The molecule has 0 aromatic heterocycles. The fourth-order valence-electron chi connectivity index (χ4n) is 6.84. The normalized spacial score (nSPS) is 37.4. The van der Waals surface area contributed by atoms with Crippen molar-refractivity contribution in [2.45, 2.75) is 68.3 Å². The van der Waals surface area contributed by atoms with Crippen LogP contribution in [0.3, 0.4) is 0 Å². The van der Waals surface area contributed by atoms with Crippen molar-refractivity contribution in [3.63, 3.8) is 0 Å². The molecule has 148 valence electrons. The number of benzene rings is 1. The van der Waals surface area contributed by atoms with Gasteiger partial charge in [-0.05, 0) is 105 Å². The number of nitrogens with one attached hydrogen (secondary N) is 1. The van der Waals surface area contributed by atoms with Crippen LogP contribution in [0.5, 0.6) is 0 Å². The Labute approximate surface area is 163 Å².